The molecule has 0 radical (unpaired) electrons. The van der Waals surface area contributed by atoms with Gasteiger partial charge in [0.15, 0.2) is 0 Å². The predicted molar refractivity (Wildman–Crippen MR) is 95.1 cm³/mol. The first kappa shape index (κ1) is 17.4. The van der Waals surface area contributed by atoms with Gasteiger partial charge in [0, 0.05) is 37.3 Å². The van der Waals surface area contributed by atoms with E-state index in [1.807, 2.05) is 12.1 Å². The molecule has 1 amide bonds. The van der Waals surface area contributed by atoms with E-state index < -0.39 is 0 Å². The van der Waals surface area contributed by atoms with E-state index in [4.69, 9.17) is 4.74 Å². The van der Waals surface area contributed by atoms with E-state index in [2.05, 4.69) is 34.6 Å². The van der Waals surface area contributed by atoms with Gasteiger partial charge in [0.1, 0.15) is 0 Å². The van der Waals surface area contributed by atoms with Crippen LogP contribution < -0.4 is 10.6 Å². The van der Waals surface area contributed by atoms with Crippen molar-refractivity contribution in [3.63, 3.8) is 0 Å². The van der Waals surface area contributed by atoms with Gasteiger partial charge in [-0.15, -0.1) is 0 Å². The van der Waals surface area contributed by atoms with Crippen molar-refractivity contribution in [3.8, 4) is 0 Å². The summed E-state index contributed by atoms with van der Waals surface area (Å²) < 4.78 is 5.38. The first-order valence-electron chi connectivity index (χ1n) is 9.15. The summed E-state index contributed by atoms with van der Waals surface area (Å²) in [5, 5.41) is 6.64. The van der Waals surface area contributed by atoms with Gasteiger partial charge in [-0.05, 0) is 44.0 Å². The third kappa shape index (κ3) is 4.79. The molecule has 2 aliphatic rings. The van der Waals surface area contributed by atoms with Crippen LogP contribution in [-0.2, 0) is 11.3 Å². The minimum atomic E-state index is 0.0211. The molecule has 0 unspecified atom stereocenters. The second-order valence-corrected chi connectivity index (χ2v) is 6.90. The van der Waals surface area contributed by atoms with Gasteiger partial charge in [-0.1, -0.05) is 18.6 Å². The van der Waals surface area contributed by atoms with Crippen LogP contribution in [0.25, 0.3) is 0 Å². The molecule has 5 nitrogen and oxygen atoms in total. The summed E-state index contributed by atoms with van der Waals surface area (Å²) in [7, 11) is 0. The summed E-state index contributed by atoms with van der Waals surface area (Å²) in [4.78, 5) is 14.8. The van der Waals surface area contributed by atoms with Crippen molar-refractivity contribution >= 4 is 5.91 Å². The highest BCUT2D eigenvalue weighted by Crippen LogP contribution is 2.12. The molecule has 2 heterocycles. The molecule has 24 heavy (non-hydrogen) atoms. The minimum absolute atomic E-state index is 0.0211. The molecular formula is C19H29N3O2. The van der Waals surface area contributed by atoms with Crippen LogP contribution in [0.15, 0.2) is 24.3 Å². The molecular weight excluding hydrogens is 302 g/mol. The molecule has 0 aromatic heterocycles. The van der Waals surface area contributed by atoms with Crippen molar-refractivity contribution in [1.82, 2.24) is 15.5 Å². The summed E-state index contributed by atoms with van der Waals surface area (Å²) in [5.74, 6) is 0.0211. The summed E-state index contributed by atoms with van der Waals surface area (Å²) in [5.41, 5.74) is 1.99. The number of nitrogens with zero attached hydrogens (tertiary/aromatic N) is 1. The van der Waals surface area contributed by atoms with Crippen LogP contribution in [0.5, 0.6) is 0 Å². The SMILES string of the molecule is C[C@@H](NC(=O)c1ccc(CN2CCOCC2)cc1)[C@@H]1CCCCN1. The minimum Gasteiger partial charge on any atom is -0.379 e. The van der Waals surface area contributed by atoms with Gasteiger partial charge in [-0.2, -0.15) is 0 Å². The van der Waals surface area contributed by atoms with E-state index >= 15 is 0 Å². The van der Waals surface area contributed by atoms with Crippen molar-refractivity contribution in [2.24, 2.45) is 0 Å². The highest BCUT2D eigenvalue weighted by Gasteiger charge is 2.21. The topological polar surface area (TPSA) is 53.6 Å². The van der Waals surface area contributed by atoms with Crippen molar-refractivity contribution in [1.29, 1.82) is 0 Å². The smallest absolute Gasteiger partial charge is 0.251 e. The number of benzene rings is 1. The van der Waals surface area contributed by atoms with Gasteiger partial charge >= 0.3 is 0 Å². The number of piperidine rings is 1. The summed E-state index contributed by atoms with van der Waals surface area (Å²) in [6.45, 7) is 7.66. The number of hydrogen-bond acceptors (Lipinski definition) is 4. The van der Waals surface area contributed by atoms with Crippen LogP contribution in [0.3, 0.4) is 0 Å². The van der Waals surface area contributed by atoms with Crippen LogP contribution in [0.2, 0.25) is 0 Å². The predicted octanol–water partition coefficient (Wildman–Crippen LogP) is 1.78. The monoisotopic (exact) mass is 331 g/mol. The third-order valence-corrected chi connectivity index (χ3v) is 5.04. The number of ether oxygens (including phenoxy) is 1. The summed E-state index contributed by atoms with van der Waals surface area (Å²) >= 11 is 0. The molecule has 132 valence electrons. The lowest BCUT2D eigenvalue weighted by Gasteiger charge is -2.29. The van der Waals surface area contributed by atoms with Gasteiger partial charge in [0.25, 0.3) is 5.91 Å². The first-order chi connectivity index (χ1) is 11.7. The highest BCUT2D eigenvalue weighted by molar-refractivity contribution is 5.94. The van der Waals surface area contributed by atoms with Crippen molar-refractivity contribution in [3.05, 3.63) is 35.4 Å². The number of amides is 1. The molecule has 0 saturated carbocycles. The molecule has 1 aromatic rings. The van der Waals surface area contributed by atoms with E-state index in [1.165, 1.54) is 18.4 Å². The number of rotatable bonds is 5. The standard InChI is InChI=1S/C19H29N3O2/c1-15(18-4-2-3-9-20-18)21-19(23)17-7-5-16(6-8-17)14-22-10-12-24-13-11-22/h5-8,15,18,20H,2-4,9-14H2,1H3,(H,21,23)/t15-,18+/m1/s1. The lowest BCUT2D eigenvalue weighted by Crippen LogP contribution is -2.50. The molecule has 3 rings (SSSR count). The highest BCUT2D eigenvalue weighted by atomic mass is 16.5. The third-order valence-electron chi connectivity index (χ3n) is 5.04. The van der Waals surface area contributed by atoms with Gasteiger partial charge in [0.05, 0.1) is 13.2 Å². The molecule has 0 bridgehead atoms. The van der Waals surface area contributed by atoms with Crippen LogP contribution in [-0.4, -0.2) is 55.7 Å². The Morgan fingerprint density at radius 3 is 2.71 bits per heavy atom. The molecule has 2 saturated heterocycles. The molecule has 2 N–H and O–H groups in total. The van der Waals surface area contributed by atoms with Crippen molar-refractivity contribution in [2.75, 3.05) is 32.8 Å². The van der Waals surface area contributed by atoms with E-state index in [0.29, 0.717) is 6.04 Å². The Morgan fingerprint density at radius 1 is 1.29 bits per heavy atom. The zero-order valence-electron chi connectivity index (χ0n) is 14.6. The quantitative estimate of drug-likeness (QED) is 0.864. The van der Waals surface area contributed by atoms with E-state index in [0.717, 1.165) is 51.4 Å². The number of morpholine rings is 1. The average Bonchev–Trinajstić information content (AvgIpc) is 2.64. The zero-order chi connectivity index (χ0) is 16.8. The van der Waals surface area contributed by atoms with Gasteiger partial charge < -0.3 is 15.4 Å². The molecule has 1 aromatic carbocycles. The van der Waals surface area contributed by atoms with Gasteiger partial charge in [-0.3, -0.25) is 9.69 Å². The number of carbonyl (C=O) groups excluding carboxylic acids is 1. The van der Waals surface area contributed by atoms with Crippen LogP contribution in [0.4, 0.5) is 0 Å². The lowest BCUT2D eigenvalue weighted by atomic mass is 9.99. The summed E-state index contributed by atoms with van der Waals surface area (Å²) in [6, 6.07) is 8.55. The Hall–Kier alpha value is -1.43. The molecule has 2 aliphatic heterocycles. The normalized spacial score (nSPS) is 23.6. The largest absolute Gasteiger partial charge is 0.379 e. The molecule has 2 atom stereocenters. The maximum atomic E-state index is 12.4. The fourth-order valence-corrected chi connectivity index (χ4v) is 3.48. The molecule has 2 fully saturated rings. The Morgan fingerprint density at radius 2 is 2.04 bits per heavy atom. The van der Waals surface area contributed by atoms with Gasteiger partial charge in [-0.25, -0.2) is 0 Å². The van der Waals surface area contributed by atoms with Crippen molar-refractivity contribution < 1.29 is 9.53 Å². The van der Waals surface area contributed by atoms with E-state index in [-0.39, 0.29) is 11.9 Å². The molecule has 0 aliphatic carbocycles. The Labute approximate surface area is 144 Å². The fourth-order valence-electron chi connectivity index (χ4n) is 3.48. The molecule has 5 heteroatoms. The average molecular weight is 331 g/mol. The number of hydrogen-bond donors (Lipinski definition) is 2. The van der Waals surface area contributed by atoms with Crippen LogP contribution in [0, 0.1) is 0 Å². The lowest BCUT2D eigenvalue weighted by molar-refractivity contribution is 0.0342. The van der Waals surface area contributed by atoms with E-state index in [9.17, 15) is 4.79 Å². The molecule has 0 spiro atoms. The zero-order valence-corrected chi connectivity index (χ0v) is 14.6. The second kappa shape index (κ2) is 8.60. The fraction of sp³-hybridized carbons (Fsp3) is 0.632. The first-order valence-corrected chi connectivity index (χ1v) is 9.15. The maximum Gasteiger partial charge on any atom is 0.251 e. The number of carbonyl (C=O) groups is 1. The van der Waals surface area contributed by atoms with Crippen LogP contribution in [0.1, 0.15) is 42.1 Å². The van der Waals surface area contributed by atoms with E-state index in [1.54, 1.807) is 0 Å². The Bertz CT molecular complexity index is 520. The number of nitrogens with one attached hydrogen (secondary N) is 2. The Balaban J connectivity index is 1.51. The van der Waals surface area contributed by atoms with Crippen LogP contribution >= 0.6 is 0 Å². The maximum absolute atomic E-state index is 12.4. The Kier molecular flexibility index (Phi) is 6.24. The van der Waals surface area contributed by atoms with Crippen molar-refractivity contribution in [2.45, 2.75) is 44.8 Å². The second-order valence-electron chi connectivity index (χ2n) is 6.90. The van der Waals surface area contributed by atoms with Gasteiger partial charge in [0.2, 0.25) is 0 Å². The summed E-state index contributed by atoms with van der Waals surface area (Å²) in [6.07, 6.45) is 3.62.